The van der Waals surface area contributed by atoms with E-state index in [9.17, 15) is 4.79 Å². The van der Waals surface area contributed by atoms with E-state index in [1.54, 1.807) is 18.3 Å². The smallest absolute Gasteiger partial charge is 0.272 e. The first-order valence-electron chi connectivity index (χ1n) is 11.2. The Morgan fingerprint density at radius 3 is 2.59 bits per heavy atom. The molecule has 2 aromatic heterocycles. The summed E-state index contributed by atoms with van der Waals surface area (Å²) in [5.74, 6) is 0.00935. The summed E-state index contributed by atoms with van der Waals surface area (Å²) in [5, 5.41) is 7.40. The number of pyridine rings is 1. The third kappa shape index (κ3) is 9.58. The van der Waals surface area contributed by atoms with Crippen LogP contribution in [0.1, 0.15) is 31.2 Å². The van der Waals surface area contributed by atoms with E-state index < -0.39 is 18.8 Å². The van der Waals surface area contributed by atoms with Crippen molar-refractivity contribution < 1.29 is 9.53 Å². The van der Waals surface area contributed by atoms with Gasteiger partial charge >= 0.3 is 0 Å². The zero-order chi connectivity index (χ0) is 24.6. The second kappa shape index (κ2) is 14.1. The normalized spacial score (nSPS) is 12.1. The summed E-state index contributed by atoms with van der Waals surface area (Å²) in [6, 6.07) is 4.81. The van der Waals surface area contributed by atoms with E-state index in [1.165, 1.54) is 0 Å². The molecule has 3 N–H and O–H groups in total. The van der Waals surface area contributed by atoms with Crippen molar-refractivity contribution in [3.05, 3.63) is 41.5 Å². The quantitative estimate of drug-likeness (QED) is 0.149. The lowest BCUT2D eigenvalue weighted by Crippen LogP contribution is -2.22. The van der Waals surface area contributed by atoms with Crippen LogP contribution < -0.4 is 11.1 Å². The van der Waals surface area contributed by atoms with Crippen LogP contribution in [0, 0.1) is 6.92 Å². The fourth-order valence-electron chi connectivity index (χ4n) is 3.26. The molecule has 0 aliphatic carbocycles. The summed E-state index contributed by atoms with van der Waals surface area (Å²) in [5.41, 5.74) is 9.93. The van der Waals surface area contributed by atoms with Gasteiger partial charge in [0.05, 0.1) is 11.4 Å². The molecule has 0 radical (unpaired) electrons. The summed E-state index contributed by atoms with van der Waals surface area (Å²) in [6.07, 6.45) is 5.21. The van der Waals surface area contributed by atoms with Gasteiger partial charge in [-0.3, -0.25) is 4.79 Å². The average molecular weight is 549 g/mol. The maximum atomic E-state index is 12.3. The second-order valence-electron chi connectivity index (χ2n) is 9.12. The monoisotopic (exact) mass is 547 g/mol. The van der Waals surface area contributed by atoms with Crippen LogP contribution in [0.25, 0.3) is 11.1 Å². The van der Waals surface area contributed by atoms with Crippen LogP contribution in [0.3, 0.4) is 0 Å². The number of hydrogen-bond donors (Lipinski definition) is 2. The number of halogens is 3. The molecule has 7 nitrogen and oxygen atoms in total. The Bertz CT molecular complexity index is 957. The molecule has 34 heavy (non-hydrogen) atoms. The Morgan fingerprint density at radius 2 is 2.03 bits per heavy atom. The van der Waals surface area contributed by atoms with Gasteiger partial charge in [-0.15, -0.1) is 35.6 Å². The molecule has 2 aromatic rings. The number of alkyl halides is 2. The molecule has 0 fully saturated rings. The summed E-state index contributed by atoms with van der Waals surface area (Å²) in [6.45, 7) is 12.3. The van der Waals surface area contributed by atoms with Crippen LogP contribution in [0.15, 0.2) is 30.1 Å². The minimum Gasteiger partial charge on any atom is -0.395 e. The molecule has 0 saturated carbocycles. The Labute approximate surface area is 219 Å². The van der Waals surface area contributed by atoms with Gasteiger partial charge in [0.2, 0.25) is 0 Å². The summed E-state index contributed by atoms with van der Waals surface area (Å²) >= 11 is 11.4. The van der Waals surface area contributed by atoms with E-state index in [2.05, 4.69) is 42.0 Å². The van der Waals surface area contributed by atoms with E-state index in [0.29, 0.717) is 25.4 Å². The third-order valence-electron chi connectivity index (χ3n) is 5.08. The predicted octanol–water partition coefficient (Wildman–Crippen LogP) is 5.92. The number of amides is 1. The van der Waals surface area contributed by atoms with Gasteiger partial charge in [0.25, 0.3) is 5.91 Å². The van der Waals surface area contributed by atoms with E-state index in [-0.39, 0.29) is 18.1 Å². The van der Waals surface area contributed by atoms with E-state index in [4.69, 9.17) is 33.7 Å². The summed E-state index contributed by atoms with van der Waals surface area (Å²) in [4.78, 5) is 16.2. The zero-order valence-corrected chi connectivity index (χ0v) is 23.9. The first-order valence-corrected chi connectivity index (χ1v) is 15.8. The fourth-order valence-corrected chi connectivity index (χ4v) is 4.27. The molecular formula is C23H36Cl3N5O2Si. The number of rotatable bonds is 12. The standard InChI is InChI=1S/C23H35Cl2N5O2Si.ClH/c1-6-19-22(16(2)29-30(19)15-32-12-13-33(3,4)5)17-10-11-21(27-14-17)28-23(31)18(26)8-7-9-20(24)25;/h8,10-11,14,20H,6-7,9,12-13,15,26H2,1-5H3,(H,27,28,31);1H. The molecule has 0 bridgehead atoms. The SMILES string of the molecule is CCc1c(-c2ccc(NC(=O)C(N)=CCCC(Cl)Cl)nc2)c(C)nn1COCC[Si](C)(C)C.Cl. The fraction of sp³-hybridized carbons (Fsp3) is 0.522. The minimum absolute atomic E-state index is 0. The van der Waals surface area contributed by atoms with Gasteiger partial charge in [-0.1, -0.05) is 32.6 Å². The molecule has 11 heteroatoms. The molecule has 0 aromatic carbocycles. The van der Waals surface area contributed by atoms with Crippen LogP contribution in [0.5, 0.6) is 0 Å². The maximum Gasteiger partial charge on any atom is 0.272 e. The molecule has 2 rings (SSSR count). The highest BCUT2D eigenvalue weighted by Gasteiger charge is 2.17. The lowest BCUT2D eigenvalue weighted by Gasteiger charge is -2.16. The number of aromatic nitrogens is 3. The largest absolute Gasteiger partial charge is 0.395 e. The minimum atomic E-state index is -1.13. The number of nitrogens with two attached hydrogens (primary N) is 1. The number of carbonyl (C=O) groups is 1. The number of allylic oxidation sites excluding steroid dienone is 1. The Kier molecular flexibility index (Phi) is 12.6. The third-order valence-corrected chi connectivity index (χ3v) is 7.22. The van der Waals surface area contributed by atoms with Crippen molar-refractivity contribution in [3.63, 3.8) is 0 Å². The van der Waals surface area contributed by atoms with E-state index in [0.717, 1.165) is 41.6 Å². The molecule has 0 aliphatic heterocycles. The predicted molar refractivity (Wildman–Crippen MR) is 147 cm³/mol. The van der Waals surface area contributed by atoms with Crippen LogP contribution in [-0.2, 0) is 22.7 Å². The number of ether oxygens (including phenoxy) is 1. The Hall–Kier alpha value is -1.58. The van der Waals surface area contributed by atoms with Crippen LogP contribution in [0.4, 0.5) is 5.82 Å². The number of hydrogen-bond acceptors (Lipinski definition) is 5. The van der Waals surface area contributed by atoms with Gasteiger partial charge in [0, 0.05) is 37.7 Å². The summed E-state index contributed by atoms with van der Waals surface area (Å²) < 4.78 is 7.84. The van der Waals surface area contributed by atoms with E-state index in [1.807, 2.05) is 17.7 Å². The van der Waals surface area contributed by atoms with Crippen molar-refractivity contribution in [3.8, 4) is 11.1 Å². The highest BCUT2D eigenvalue weighted by atomic mass is 35.5. The Balaban J connectivity index is 0.00000578. The van der Waals surface area contributed by atoms with Gasteiger partial charge < -0.3 is 15.8 Å². The van der Waals surface area contributed by atoms with Crippen molar-refractivity contribution in [1.82, 2.24) is 14.8 Å². The number of nitrogens with one attached hydrogen (secondary N) is 1. The van der Waals surface area contributed by atoms with Crippen molar-refractivity contribution >= 4 is 55.4 Å². The second-order valence-corrected chi connectivity index (χ2v) is 16.0. The summed E-state index contributed by atoms with van der Waals surface area (Å²) in [7, 11) is -1.13. The van der Waals surface area contributed by atoms with Gasteiger partial charge in [-0.25, -0.2) is 9.67 Å². The van der Waals surface area contributed by atoms with Crippen molar-refractivity contribution in [2.75, 3.05) is 11.9 Å². The maximum absolute atomic E-state index is 12.3. The van der Waals surface area contributed by atoms with Crippen molar-refractivity contribution in [2.24, 2.45) is 5.73 Å². The molecule has 0 unspecified atom stereocenters. The number of carbonyl (C=O) groups excluding carboxylic acids is 1. The molecule has 2 heterocycles. The van der Waals surface area contributed by atoms with Gasteiger partial charge in [0.1, 0.15) is 17.4 Å². The molecule has 1 amide bonds. The molecule has 0 atom stereocenters. The number of nitrogens with zero attached hydrogens (tertiary/aromatic N) is 3. The molecular weight excluding hydrogens is 513 g/mol. The van der Waals surface area contributed by atoms with Crippen LogP contribution in [-0.4, -0.2) is 40.2 Å². The van der Waals surface area contributed by atoms with E-state index >= 15 is 0 Å². The Morgan fingerprint density at radius 1 is 1.32 bits per heavy atom. The lowest BCUT2D eigenvalue weighted by molar-refractivity contribution is -0.112. The van der Waals surface area contributed by atoms with Crippen molar-refractivity contribution in [1.29, 1.82) is 0 Å². The molecule has 0 saturated heterocycles. The first-order chi connectivity index (χ1) is 15.5. The highest BCUT2D eigenvalue weighted by molar-refractivity contribution is 6.76. The van der Waals surface area contributed by atoms with Gasteiger partial charge in [-0.2, -0.15) is 5.10 Å². The van der Waals surface area contributed by atoms with Crippen LogP contribution >= 0.6 is 35.6 Å². The number of aryl methyl sites for hydroxylation is 1. The lowest BCUT2D eigenvalue weighted by atomic mass is 10.0. The topological polar surface area (TPSA) is 95.1 Å². The van der Waals surface area contributed by atoms with Crippen LogP contribution in [0.2, 0.25) is 25.7 Å². The molecule has 0 aliphatic rings. The van der Waals surface area contributed by atoms with Gasteiger partial charge in [-0.05, 0) is 44.4 Å². The average Bonchev–Trinajstić information content (AvgIpc) is 3.05. The number of anilines is 1. The first kappa shape index (κ1) is 30.4. The van der Waals surface area contributed by atoms with Gasteiger partial charge in [0.15, 0.2) is 0 Å². The zero-order valence-electron chi connectivity index (χ0n) is 20.5. The molecule has 0 spiro atoms. The van der Waals surface area contributed by atoms with Crippen molar-refractivity contribution in [2.45, 2.75) is 70.4 Å². The molecule has 190 valence electrons. The highest BCUT2D eigenvalue weighted by Crippen LogP contribution is 2.28.